The lowest BCUT2D eigenvalue weighted by Crippen LogP contribution is -2.36. The standard InChI is InChI=1S/C18H27N3O2/c1-4-23-16-11-9-15(10-12-16)19-14(3)18(22)21-20-17-8-6-5-7-13(17)2/h9-14,19H,4-8H2,1-3H3,(H,21,22)/b20-17-/t13-,14+/m0/s1. The number of nitrogens with zero attached hydrogens (tertiary/aromatic N) is 1. The second kappa shape index (κ2) is 8.56. The SMILES string of the molecule is CCOc1ccc(N[C@H](C)C(=O)N/N=C2/CCCC[C@@H]2C)cc1. The number of amides is 1. The molecule has 0 radical (unpaired) electrons. The molecular formula is C18H27N3O2. The van der Waals surface area contributed by atoms with Crippen molar-refractivity contribution in [2.24, 2.45) is 11.0 Å². The third kappa shape index (κ3) is 5.27. The first kappa shape index (κ1) is 17.3. The van der Waals surface area contributed by atoms with Gasteiger partial charge in [-0.2, -0.15) is 5.10 Å². The predicted octanol–water partition coefficient (Wildman–Crippen LogP) is 3.57. The van der Waals surface area contributed by atoms with Crippen molar-refractivity contribution in [1.82, 2.24) is 5.43 Å². The third-order valence-electron chi connectivity index (χ3n) is 4.14. The highest BCUT2D eigenvalue weighted by atomic mass is 16.5. The minimum absolute atomic E-state index is 0.121. The van der Waals surface area contributed by atoms with E-state index in [9.17, 15) is 4.79 Å². The Labute approximate surface area is 138 Å². The maximum absolute atomic E-state index is 12.2. The predicted molar refractivity (Wildman–Crippen MR) is 93.9 cm³/mol. The summed E-state index contributed by atoms with van der Waals surface area (Å²) in [5.74, 6) is 1.18. The van der Waals surface area contributed by atoms with Crippen molar-refractivity contribution in [1.29, 1.82) is 0 Å². The van der Waals surface area contributed by atoms with Crippen LogP contribution in [0.4, 0.5) is 5.69 Å². The molecule has 2 N–H and O–H groups in total. The Kier molecular flexibility index (Phi) is 6.44. The number of hydrogen-bond donors (Lipinski definition) is 2. The lowest BCUT2D eigenvalue weighted by molar-refractivity contribution is -0.121. The maximum atomic E-state index is 12.2. The van der Waals surface area contributed by atoms with Gasteiger partial charge < -0.3 is 10.1 Å². The number of ether oxygens (including phenoxy) is 1. The topological polar surface area (TPSA) is 62.7 Å². The summed E-state index contributed by atoms with van der Waals surface area (Å²) in [7, 11) is 0. The van der Waals surface area contributed by atoms with Crippen molar-refractivity contribution in [2.45, 2.75) is 52.5 Å². The monoisotopic (exact) mass is 317 g/mol. The van der Waals surface area contributed by atoms with Crippen LogP contribution in [-0.4, -0.2) is 24.3 Å². The zero-order valence-electron chi connectivity index (χ0n) is 14.3. The summed E-state index contributed by atoms with van der Waals surface area (Å²) in [6.45, 7) is 6.60. The van der Waals surface area contributed by atoms with Crippen LogP contribution in [0.2, 0.25) is 0 Å². The van der Waals surface area contributed by atoms with Gasteiger partial charge in [0.15, 0.2) is 0 Å². The number of carbonyl (C=O) groups is 1. The fourth-order valence-corrected chi connectivity index (χ4v) is 2.69. The lowest BCUT2D eigenvalue weighted by atomic mass is 9.89. The molecule has 1 amide bonds. The van der Waals surface area contributed by atoms with E-state index in [4.69, 9.17) is 4.74 Å². The van der Waals surface area contributed by atoms with Gasteiger partial charge in [-0.15, -0.1) is 0 Å². The molecule has 0 saturated heterocycles. The van der Waals surface area contributed by atoms with E-state index < -0.39 is 0 Å². The molecule has 1 aliphatic carbocycles. The summed E-state index contributed by atoms with van der Waals surface area (Å²) in [6, 6.07) is 7.24. The van der Waals surface area contributed by atoms with E-state index in [0.717, 1.165) is 30.0 Å². The van der Waals surface area contributed by atoms with Crippen LogP contribution in [0.5, 0.6) is 5.75 Å². The van der Waals surface area contributed by atoms with Gasteiger partial charge >= 0.3 is 0 Å². The molecular weight excluding hydrogens is 290 g/mol. The van der Waals surface area contributed by atoms with E-state index >= 15 is 0 Å². The number of hydrazone groups is 1. The van der Waals surface area contributed by atoms with Crippen molar-refractivity contribution in [3.05, 3.63) is 24.3 Å². The van der Waals surface area contributed by atoms with Crippen LogP contribution in [0.25, 0.3) is 0 Å². The quantitative estimate of drug-likeness (QED) is 0.788. The summed E-state index contributed by atoms with van der Waals surface area (Å²) in [4.78, 5) is 12.2. The number of anilines is 1. The average molecular weight is 317 g/mol. The Morgan fingerprint density at radius 3 is 2.74 bits per heavy atom. The Hall–Kier alpha value is -2.04. The Balaban J connectivity index is 1.85. The smallest absolute Gasteiger partial charge is 0.262 e. The molecule has 1 fully saturated rings. The fraction of sp³-hybridized carbons (Fsp3) is 0.556. The van der Waals surface area contributed by atoms with Crippen molar-refractivity contribution < 1.29 is 9.53 Å². The van der Waals surface area contributed by atoms with Crippen LogP contribution in [0, 0.1) is 5.92 Å². The molecule has 1 aliphatic rings. The van der Waals surface area contributed by atoms with Crippen molar-refractivity contribution in [3.8, 4) is 5.75 Å². The fourth-order valence-electron chi connectivity index (χ4n) is 2.69. The Bertz CT molecular complexity index is 540. The van der Waals surface area contributed by atoms with Gasteiger partial charge in [-0.05, 0) is 63.3 Å². The summed E-state index contributed by atoms with van der Waals surface area (Å²) in [5, 5.41) is 7.50. The van der Waals surface area contributed by atoms with Gasteiger partial charge in [0.25, 0.3) is 5.91 Å². The van der Waals surface area contributed by atoms with Crippen LogP contribution in [-0.2, 0) is 4.79 Å². The summed E-state index contributed by atoms with van der Waals surface area (Å²) in [5.41, 5.74) is 4.69. The number of hydrogen-bond acceptors (Lipinski definition) is 4. The Morgan fingerprint density at radius 1 is 1.35 bits per heavy atom. The molecule has 0 unspecified atom stereocenters. The second-order valence-corrected chi connectivity index (χ2v) is 6.05. The molecule has 23 heavy (non-hydrogen) atoms. The molecule has 0 aromatic heterocycles. The van der Waals surface area contributed by atoms with Gasteiger partial charge in [0.1, 0.15) is 11.8 Å². The molecule has 0 aliphatic heterocycles. The number of rotatable bonds is 6. The van der Waals surface area contributed by atoms with E-state index in [1.165, 1.54) is 12.8 Å². The normalized spacial score (nSPS) is 20.8. The third-order valence-corrected chi connectivity index (χ3v) is 4.14. The zero-order chi connectivity index (χ0) is 16.7. The van der Waals surface area contributed by atoms with E-state index in [-0.39, 0.29) is 11.9 Å². The summed E-state index contributed by atoms with van der Waals surface area (Å²) < 4.78 is 5.40. The van der Waals surface area contributed by atoms with Crippen LogP contribution in [0.1, 0.15) is 46.5 Å². The van der Waals surface area contributed by atoms with Crippen LogP contribution in [0.3, 0.4) is 0 Å². The zero-order valence-corrected chi connectivity index (χ0v) is 14.3. The molecule has 2 rings (SSSR count). The molecule has 5 heteroatoms. The van der Waals surface area contributed by atoms with E-state index in [1.807, 2.05) is 38.1 Å². The highest BCUT2D eigenvalue weighted by molar-refractivity contribution is 5.90. The molecule has 0 bridgehead atoms. The highest BCUT2D eigenvalue weighted by Crippen LogP contribution is 2.20. The first-order valence-corrected chi connectivity index (χ1v) is 8.46. The minimum atomic E-state index is -0.351. The molecule has 0 spiro atoms. The molecule has 0 heterocycles. The molecule has 2 atom stereocenters. The first-order chi connectivity index (χ1) is 11.1. The van der Waals surface area contributed by atoms with Gasteiger partial charge in [-0.25, -0.2) is 5.43 Å². The maximum Gasteiger partial charge on any atom is 0.262 e. The highest BCUT2D eigenvalue weighted by Gasteiger charge is 2.17. The summed E-state index contributed by atoms with van der Waals surface area (Å²) in [6.07, 6.45) is 4.57. The first-order valence-electron chi connectivity index (χ1n) is 8.46. The summed E-state index contributed by atoms with van der Waals surface area (Å²) >= 11 is 0. The van der Waals surface area contributed by atoms with Crippen molar-refractivity contribution in [3.63, 3.8) is 0 Å². The van der Waals surface area contributed by atoms with Crippen molar-refractivity contribution >= 4 is 17.3 Å². The van der Waals surface area contributed by atoms with Crippen LogP contribution in [0.15, 0.2) is 29.4 Å². The van der Waals surface area contributed by atoms with E-state index in [0.29, 0.717) is 12.5 Å². The Morgan fingerprint density at radius 2 is 2.09 bits per heavy atom. The number of nitrogens with one attached hydrogen (secondary N) is 2. The van der Waals surface area contributed by atoms with E-state index in [2.05, 4.69) is 22.8 Å². The average Bonchev–Trinajstić information content (AvgIpc) is 2.56. The van der Waals surface area contributed by atoms with Gasteiger partial charge in [0, 0.05) is 11.4 Å². The van der Waals surface area contributed by atoms with Gasteiger partial charge in [0.2, 0.25) is 0 Å². The lowest BCUT2D eigenvalue weighted by Gasteiger charge is -2.20. The van der Waals surface area contributed by atoms with Gasteiger partial charge in [-0.1, -0.05) is 13.3 Å². The number of benzene rings is 1. The molecule has 1 saturated carbocycles. The van der Waals surface area contributed by atoms with Gasteiger partial charge in [-0.3, -0.25) is 4.79 Å². The van der Waals surface area contributed by atoms with E-state index in [1.54, 1.807) is 0 Å². The largest absolute Gasteiger partial charge is 0.494 e. The minimum Gasteiger partial charge on any atom is -0.494 e. The molecule has 1 aromatic rings. The molecule has 126 valence electrons. The van der Waals surface area contributed by atoms with Crippen LogP contribution >= 0.6 is 0 Å². The number of carbonyl (C=O) groups excluding carboxylic acids is 1. The molecule has 1 aromatic carbocycles. The van der Waals surface area contributed by atoms with Crippen LogP contribution < -0.4 is 15.5 Å². The van der Waals surface area contributed by atoms with Gasteiger partial charge in [0.05, 0.1) is 6.61 Å². The second-order valence-electron chi connectivity index (χ2n) is 6.05. The van der Waals surface area contributed by atoms with Crippen molar-refractivity contribution in [2.75, 3.05) is 11.9 Å². The molecule has 5 nitrogen and oxygen atoms in total.